The number of benzene rings is 2. The summed E-state index contributed by atoms with van der Waals surface area (Å²) in [6.07, 6.45) is 4.16. The van der Waals surface area contributed by atoms with Gasteiger partial charge >= 0.3 is 0 Å². The first-order valence-electron chi connectivity index (χ1n) is 10.7. The molecular weight excluding hydrogens is 442 g/mol. The Morgan fingerprint density at radius 1 is 1.16 bits per heavy atom. The summed E-state index contributed by atoms with van der Waals surface area (Å²) >= 11 is 7.74. The van der Waals surface area contributed by atoms with E-state index in [0.29, 0.717) is 29.4 Å². The molecule has 5 nitrogen and oxygen atoms in total. The quantitative estimate of drug-likeness (QED) is 0.383. The van der Waals surface area contributed by atoms with Crippen molar-refractivity contribution in [1.82, 2.24) is 15.2 Å². The standard InChI is InChI=1S/C25H22ClN3O2S/c26-17-9-10-20-18(14-17)23-19(15-28-20)22(16-6-2-1-3-7-16)24(32-23)25(31)27-11-5-13-29-12-4-8-21(29)30/h1-3,6-7,9-10,14-15H,4-5,8,11-13H2,(H,27,31). The second kappa shape index (κ2) is 8.88. The van der Waals surface area contributed by atoms with Crippen LogP contribution < -0.4 is 5.32 Å². The Kier molecular flexibility index (Phi) is 5.81. The molecule has 2 aromatic heterocycles. The molecule has 0 unspecified atom stereocenters. The molecule has 1 aliphatic rings. The van der Waals surface area contributed by atoms with Gasteiger partial charge in [-0.05, 0) is 36.6 Å². The maximum atomic E-state index is 13.2. The minimum Gasteiger partial charge on any atom is -0.351 e. The Bertz CT molecular complexity index is 1320. The zero-order valence-corrected chi connectivity index (χ0v) is 19.0. The lowest BCUT2D eigenvalue weighted by Crippen LogP contribution is -2.30. The number of nitrogens with one attached hydrogen (secondary N) is 1. The zero-order valence-electron chi connectivity index (χ0n) is 17.4. The lowest BCUT2D eigenvalue weighted by Gasteiger charge is -2.15. The van der Waals surface area contributed by atoms with Crippen molar-refractivity contribution < 1.29 is 9.59 Å². The summed E-state index contributed by atoms with van der Waals surface area (Å²) in [6, 6.07) is 15.6. The van der Waals surface area contributed by atoms with Crippen LogP contribution in [-0.4, -0.2) is 41.3 Å². The number of pyridine rings is 1. The molecule has 3 heterocycles. The number of fused-ring (bicyclic) bond motifs is 3. The SMILES string of the molecule is O=C(NCCCN1CCCC1=O)c1sc2c(cnc3ccc(Cl)cc32)c1-c1ccccc1. The Labute approximate surface area is 195 Å². The highest BCUT2D eigenvalue weighted by Gasteiger charge is 2.22. The van der Waals surface area contributed by atoms with E-state index in [4.69, 9.17) is 11.6 Å². The molecule has 0 spiro atoms. The number of amides is 2. The van der Waals surface area contributed by atoms with Gasteiger partial charge in [-0.15, -0.1) is 11.3 Å². The number of rotatable bonds is 6. The highest BCUT2D eigenvalue weighted by atomic mass is 35.5. The first-order chi connectivity index (χ1) is 15.6. The van der Waals surface area contributed by atoms with Crippen LogP contribution in [0.5, 0.6) is 0 Å². The number of nitrogens with zero attached hydrogens (tertiary/aromatic N) is 2. The molecule has 1 fully saturated rings. The summed E-state index contributed by atoms with van der Waals surface area (Å²) in [5.74, 6) is 0.109. The molecule has 0 aliphatic carbocycles. The van der Waals surface area contributed by atoms with E-state index >= 15 is 0 Å². The fourth-order valence-corrected chi connectivity index (χ4v) is 5.66. The summed E-state index contributed by atoms with van der Waals surface area (Å²) in [6.45, 7) is 2.03. The zero-order chi connectivity index (χ0) is 22.1. The van der Waals surface area contributed by atoms with Crippen LogP contribution in [0.25, 0.3) is 32.1 Å². The van der Waals surface area contributed by atoms with Gasteiger partial charge < -0.3 is 10.2 Å². The van der Waals surface area contributed by atoms with Crippen LogP contribution in [0.15, 0.2) is 54.7 Å². The van der Waals surface area contributed by atoms with E-state index in [1.165, 1.54) is 11.3 Å². The summed E-state index contributed by atoms with van der Waals surface area (Å²) < 4.78 is 1.00. The van der Waals surface area contributed by atoms with E-state index < -0.39 is 0 Å². The Balaban J connectivity index is 1.48. The molecule has 0 saturated carbocycles. The third-order valence-electron chi connectivity index (χ3n) is 5.81. The Morgan fingerprint density at radius 3 is 2.78 bits per heavy atom. The molecule has 0 bridgehead atoms. The maximum absolute atomic E-state index is 13.2. The van der Waals surface area contributed by atoms with E-state index in [2.05, 4.69) is 10.3 Å². The van der Waals surface area contributed by atoms with Crippen molar-refractivity contribution in [2.45, 2.75) is 19.3 Å². The summed E-state index contributed by atoms with van der Waals surface area (Å²) in [4.78, 5) is 32.2. The van der Waals surface area contributed by atoms with Gasteiger partial charge in [-0.3, -0.25) is 14.6 Å². The molecule has 1 saturated heterocycles. The van der Waals surface area contributed by atoms with E-state index in [-0.39, 0.29) is 11.8 Å². The van der Waals surface area contributed by atoms with Gasteiger partial charge in [0.1, 0.15) is 4.88 Å². The minimum absolute atomic E-state index is 0.104. The second-order valence-corrected chi connectivity index (χ2v) is 9.39. The third kappa shape index (κ3) is 3.96. The van der Waals surface area contributed by atoms with Crippen LogP contribution in [0.4, 0.5) is 0 Å². The fraction of sp³-hybridized carbons (Fsp3) is 0.240. The van der Waals surface area contributed by atoms with Crippen LogP contribution in [-0.2, 0) is 4.79 Å². The highest BCUT2D eigenvalue weighted by molar-refractivity contribution is 7.22. The molecular formula is C25H22ClN3O2S. The number of carbonyl (C=O) groups is 2. The highest BCUT2D eigenvalue weighted by Crippen LogP contribution is 2.41. The number of halogens is 1. The Hall–Kier alpha value is -2.96. The van der Waals surface area contributed by atoms with Gasteiger partial charge in [0.15, 0.2) is 0 Å². The van der Waals surface area contributed by atoms with Crippen molar-refractivity contribution in [3.05, 3.63) is 64.6 Å². The van der Waals surface area contributed by atoms with E-state index in [9.17, 15) is 9.59 Å². The lowest BCUT2D eigenvalue weighted by molar-refractivity contribution is -0.127. The van der Waals surface area contributed by atoms with Gasteiger partial charge in [-0.2, -0.15) is 0 Å². The van der Waals surface area contributed by atoms with Crippen molar-refractivity contribution in [2.75, 3.05) is 19.6 Å². The lowest BCUT2D eigenvalue weighted by atomic mass is 10.0. The maximum Gasteiger partial charge on any atom is 0.262 e. The molecule has 1 aliphatic heterocycles. The van der Waals surface area contributed by atoms with Crippen molar-refractivity contribution in [3.63, 3.8) is 0 Å². The first-order valence-corrected chi connectivity index (χ1v) is 11.9. The third-order valence-corrected chi connectivity index (χ3v) is 7.28. The minimum atomic E-state index is -0.104. The van der Waals surface area contributed by atoms with Crippen molar-refractivity contribution in [3.8, 4) is 11.1 Å². The van der Waals surface area contributed by atoms with Gasteiger partial charge in [0, 0.05) is 58.3 Å². The summed E-state index contributed by atoms with van der Waals surface area (Å²) in [5, 5.41) is 5.59. The van der Waals surface area contributed by atoms with Crippen molar-refractivity contribution >= 4 is 55.7 Å². The van der Waals surface area contributed by atoms with E-state index in [1.54, 1.807) is 0 Å². The average Bonchev–Trinajstić information content (AvgIpc) is 3.40. The number of hydrogen-bond donors (Lipinski definition) is 1. The monoisotopic (exact) mass is 463 g/mol. The number of aromatic nitrogens is 1. The van der Waals surface area contributed by atoms with Crippen LogP contribution in [0.2, 0.25) is 5.02 Å². The normalized spacial score (nSPS) is 13.9. The summed E-state index contributed by atoms with van der Waals surface area (Å²) in [5.41, 5.74) is 2.73. The van der Waals surface area contributed by atoms with Gasteiger partial charge in [0.05, 0.1) is 5.52 Å². The van der Waals surface area contributed by atoms with Crippen LogP contribution in [0, 0.1) is 0 Å². The summed E-state index contributed by atoms with van der Waals surface area (Å²) in [7, 11) is 0. The first kappa shape index (κ1) is 20.9. The topological polar surface area (TPSA) is 62.3 Å². The molecule has 0 radical (unpaired) electrons. The van der Waals surface area contributed by atoms with Gasteiger partial charge in [-0.25, -0.2) is 0 Å². The molecule has 2 amide bonds. The van der Waals surface area contributed by atoms with E-state index in [0.717, 1.165) is 51.5 Å². The van der Waals surface area contributed by atoms with Crippen LogP contribution in [0.1, 0.15) is 28.9 Å². The molecule has 1 N–H and O–H groups in total. The largest absolute Gasteiger partial charge is 0.351 e. The predicted octanol–water partition coefficient (Wildman–Crippen LogP) is 5.51. The van der Waals surface area contributed by atoms with Crippen molar-refractivity contribution in [1.29, 1.82) is 0 Å². The number of likely N-dealkylation sites (tertiary alicyclic amines) is 1. The number of thiophene rings is 1. The van der Waals surface area contributed by atoms with Gasteiger partial charge in [0.2, 0.25) is 5.91 Å². The van der Waals surface area contributed by atoms with Gasteiger partial charge in [0.25, 0.3) is 5.91 Å². The average molecular weight is 464 g/mol. The van der Waals surface area contributed by atoms with Crippen LogP contribution >= 0.6 is 22.9 Å². The fourth-order valence-electron chi connectivity index (χ4n) is 4.25. The molecule has 4 aromatic rings. The van der Waals surface area contributed by atoms with E-state index in [1.807, 2.05) is 59.6 Å². The van der Waals surface area contributed by atoms with Crippen molar-refractivity contribution in [2.24, 2.45) is 0 Å². The van der Waals surface area contributed by atoms with Crippen LogP contribution in [0.3, 0.4) is 0 Å². The van der Waals surface area contributed by atoms with Gasteiger partial charge in [-0.1, -0.05) is 41.9 Å². The molecule has 32 heavy (non-hydrogen) atoms. The molecule has 0 atom stereocenters. The smallest absolute Gasteiger partial charge is 0.262 e. The Morgan fingerprint density at radius 2 is 2.00 bits per heavy atom. The molecule has 7 heteroatoms. The molecule has 5 rings (SSSR count). The molecule has 162 valence electrons. The number of carbonyl (C=O) groups excluding carboxylic acids is 2. The number of hydrogen-bond acceptors (Lipinski definition) is 4. The predicted molar refractivity (Wildman–Crippen MR) is 130 cm³/mol. The molecule has 2 aromatic carbocycles. The second-order valence-electron chi connectivity index (χ2n) is 7.93.